The first-order valence-electron chi connectivity index (χ1n) is 5.74. The Morgan fingerprint density at radius 2 is 1.71 bits per heavy atom. The van der Waals surface area contributed by atoms with Gasteiger partial charge in [0.2, 0.25) is 0 Å². The van der Waals surface area contributed by atoms with Crippen molar-refractivity contribution in [2.24, 2.45) is 0 Å². The number of sulfonamides is 1. The molecule has 2 rings (SSSR count). The minimum atomic E-state index is -3.80. The van der Waals surface area contributed by atoms with Gasteiger partial charge < -0.3 is 5.73 Å². The van der Waals surface area contributed by atoms with Crippen LogP contribution in [0.1, 0.15) is 5.56 Å². The van der Waals surface area contributed by atoms with Crippen LogP contribution in [0.3, 0.4) is 0 Å². The fourth-order valence-corrected chi connectivity index (χ4v) is 5.40. The summed E-state index contributed by atoms with van der Waals surface area (Å²) in [6.07, 6.45) is 0. The number of hydrogen-bond acceptors (Lipinski definition) is 3. The van der Waals surface area contributed by atoms with E-state index in [2.05, 4.69) is 52.5 Å². The molecular weight excluding hydrogens is 488 g/mol. The van der Waals surface area contributed by atoms with E-state index in [1.165, 1.54) is 0 Å². The topological polar surface area (TPSA) is 72.2 Å². The van der Waals surface area contributed by atoms with E-state index in [0.717, 1.165) is 5.56 Å². The fourth-order valence-electron chi connectivity index (χ4n) is 1.78. The predicted molar refractivity (Wildman–Crippen MR) is 95.9 cm³/mol. The van der Waals surface area contributed by atoms with Crippen molar-refractivity contribution in [1.82, 2.24) is 0 Å². The molecule has 21 heavy (non-hydrogen) atoms. The van der Waals surface area contributed by atoms with Crippen molar-refractivity contribution in [3.05, 3.63) is 49.3 Å². The summed E-state index contributed by atoms with van der Waals surface area (Å²) in [5.74, 6) is 0. The average Bonchev–Trinajstić information content (AvgIpc) is 2.31. The largest absolute Gasteiger partial charge is 0.398 e. The van der Waals surface area contributed by atoms with Crippen molar-refractivity contribution in [3.8, 4) is 0 Å². The highest BCUT2D eigenvalue weighted by molar-refractivity contribution is 9.11. The zero-order valence-electron chi connectivity index (χ0n) is 10.8. The van der Waals surface area contributed by atoms with Gasteiger partial charge in [-0.05, 0) is 68.6 Å². The highest BCUT2D eigenvalue weighted by atomic mass is 79.9. The second-order valence-electron chi connectivity index (χ2n) is 4.39. The maximum Gasteiger partial charge on any atom is 0.265 e. The molecule has 0 aromatic heterocycles. The lowest BCUT2D eigenvalue weighted by molar-refractivity contribution is 0.601. The Kier molecular flexibility index (Phi) is 5.02. The van der Waals surface area contributed by atoms with Gasteiger partial charge in [0.1, 0.15) is 4.90 Å². The molecule has 0 spiro atoms. The first-order valence-corrected chi connectivity index (χ1v) is 9.60. The minimum Gasteiger partial charge on any atom is -0.398 e. The van der Waals surface area contributed by atoms with Crippen LogP contribution in [-0.4, -0.2) is 8.42 Å². The van der Waals surface area contributed by atoms with Crippen LogP contribution in [-0.2, 0) is 10.0 Å². The number of benzene rings is 2. The molecular formula is C13H11Br3N2O2S. The third-order valence-electron chi connectivity index (χ3n) is 2.67. The van der Waals surface area contributed by atoms with Gasteiger partial charge in [0.25, 0.3) is 10.0 Å². The molecule has 0 heterocycles. The van der Waals surface area contributed by atoms with Crippen molar-refractivity contribution < 1.29 is 8.42 Å². The summed E-state index contributed by atoms with van der Waals surface area (Å²) < 4.78 is 29.4. The molecule has 0 amide bonds. The van der Waals surface area contributed by atoms with Gasteiger partial charge in [-0.3, -0.25) is 4.72 Å². The summed E-state index contributed by atoms with van der Waals surface area (Å²) in [6, 6.07) is 8.59. The van der Waals surface area contributed by atoms with Gasteiger partial charge in [-0.2, -0.15) is 0 Å². The Hall–Kier alpha value is -0.570. The van der Waals surface area contributed by atoms with Gasteiger partial charge in [-0.1, -0.05) is 22.0 Å². The zero-order valence-corrected chi connectivity index (χ0v) is 16.4. The summed E-state index contributed by atoms with van der Waals surface area (Å²) >= 11 is 9.84. The molecule has 3 N–H and O–H groups in total. The molecule has 0 saturated carbocycles. The van der Waals surface area contributed by atoms with Gasteiger partial charge in [-0.25, -0.2) is 8.42 Å². The molecule has 112 valence electrons. The average molecular weight is 499 g/mol. The highest BCUT2D eigenvalue weighted by Gasteiger charge is 2.22. The first-order chi connectivity index (χ1) is 9.70. The Balaban J connectivity index is 2.51. The van der Waals surface area contributed by atoms with Crippen LogP contribution in [0.25, 0.3) is 0 Å². The van der Waals surface area contributed by atoms with E-state index < -0.39 is 10.0 Å². The van der Waals surface area contributed by atoms with E-state index in [-0.39, 0.29) is 10.6 Å². The summed E-state index contributed by atoms with van der Waals surface area (Å²) in [6.45, 7) is 1.88. The molecule has 2 aromatic carbocycles. The van der Waals surface area contributed by atoms with E-state index in [1.54, 1.807) is 24.3 Å². The van der Waals surface area contributed by atoms with Crippen LogP contribution in [0.4, 0.5) is 11.4 Å². The van der Waals surface area contributed by atoms with E-state index in [9.17, 15) is 8.42 Å². The van der Waals surface area contributed by atoms with Crippen LogP contribution in [0, 0.1) is 6.92 Å². The molecule has 4 nitrogen and oxygen atoms in total. The maximum absolute atomic E-state index is 12.6. The van der Waals surface area contributed by atoms with Crippen molar-refractivity contribution in [3.63, 3.8) is 0 Å². The quantitative estimate of drug-likeness (QED) is 0.604. The molecule has 0 aliphatic heterocycles. The highest BCUT2D eigenvalue weighted by Crippen LogP contribution is 2.34. The van der Waals surface area contributed by atoms with Crippen LogP contribution < -0.4 is 10.5 Å². The third kappa shape index (κ3) is 3.80. The van der Waals surface area contributed by atoms with Crippen molar-refractivity contribution in [1.29, 1.82) is 0 Å². The second kappa shape index (κ2) is 6.28. The standard InChI is InChI=1S/C13H11Br3N2O2S/c1-7-2-3-9(15)12(4-7)18-21(19,20)13-10(16)5-8(14)6-11(13)17/h2-6,18H,17H2,1H3. The molecule has 2 aromatic rings. The molecule has 0 saturated heterocycles. The summed E-state index contributed by atoms with van der Waals surface area (Å²) in [7, 11) is -3.80. The van der Waals surface area contributed by atoms with Gasteiger partial charge in [0.05, 0.1) is 11.4 Å². The first kappa shape index (κ1) is 16.8. The second-order valence-corrected chi connectivity index (χ2v) is 8.64. The predicted octanol–water partition coefficient (Wildman–Crippen LogP) is 4.67. The number of halogens is 3. The summed E-state index contributed by atoms with van der Waals surface area (Å²) in [4.78, 5) is 0.0131. The van der Waals surface area contributed by atoms with E-state index >= 15 is 0 Å². The number of nitrogen functional groups attached to an aromatic ring is 1. The van der Waals surface area contributed by atoms with Crippen LogP contribution in [0.2, 0.25) is 0 Å². The Morgan fingerprint density at radius 3 is 2.33 bits per heavy atom. The van der Waals surface area contributed by atoms with Gasteiger partial charge >= 0.3 is 0 Å². The van der Waals surface area contributed by atoms with Gasteiger partial charge in [-0.15, -0.1) is 0 Å². The smallest absolute Gasteiger partial charge is 0.265 e. The SMILES string of the molecule is Cc1ccc(Br)c(NS(=O)(=O)c2c(N)cc(Br)cc2Br)c1. The Bertz CT molecular complexity index is 784. The third-order valence-corrected chi connectivity index (χ3v) is 6.19. The fraction of sp³-hybridized carbons (Fsp3) is 0.0769. The lowest BCUT2D eigenvalue weighted by Crippen LogP contribution is -2.16. The van der Waals surface area contributed by atoms with Crippen molar-refractivity contribution in [2.75, 3.05) is 10.5 Å². The Morgan fingerprint density at radius 1 is 1.05 bits per heavy atom. The molecule has 0 aliphatic rings. The molecule has 0 radical (unpaired) electrons. The molecule has 0 aliphatic carbocycles. The number of nitrogens with two attached hydrogens (primary N) is 1. The van der Waals surface area contributed by atoms with Crippen LogP contribution >= 0.6 is 47.8 Å². The van der Waals surface area contributed by atoms with E-state index in [1.807, 2.05) is 13.0 Å². The number of anilines is 2. The van der Waals surface area contributed by atoms with Gasteiger partial charge in [0.15, 0.2) is 0 Å². The molecule has 0 atom stereocenters. The van der Waals surface area contributed by atoms with Gasteiger partial charge in [0, 0.05) is 13.4 Å². The van der Waals surface area contributed by atoms with E-state index in [4.69, 9.17) is 5.73 Å². The summed E-state index contributed by atoms with van der Waals surface area (Å²) in [5, 5.41) is 0. The lowest BCUT2D eigenvalue weighted by Gasteiger charge is -2.14. The van der Waals surface area contributed by atoms with E-state index in [0.29, 0.717) is 19.1 Å². The number of nitrogens with one attached hydrogen (secondary N) is 1. The number of rotatable bonds is 3. The number of hydrogen-bond donors (Lipinski definition) is 2. The minimum absolute atomic E-state index is 0.0131. The Labute approximate surface area is 148 Å². The molecule has 8 heteroatoms. The zero-order chi connectivity index (χ0) is 15.8. The van der Waals surface area contributed by atoms with Crippen LogP contribution in [0.15, 0.2) is 48.6 Å². The molecule has 0 bridgehead atoms. The molecule has 0 fully saturated rings. The number of aryl methyl sites for hydroxylation is 1. The van der Waals surface area contributed by atoms with Crippen molar-refractivity contribution in [2.45, 2.75) is 11.8 Å². The normalized spacial score (nSPS) is 11.4. The maximum atomic E-state index is 12.6. The lowest BCUT2D eigenvalue weighted by atomic mass is 10.2. The monoisotopic (exact) mass is 496 g/mol. The molecule has 0 unspecified atom stereocenters. The van der Waals surface area contributed by atoms with Crippen LogP contribution in [0.5, 0.6) is 0 Å². The van der Waals surface area contributed by atoms with Crippen molar-refractivity contribution >= 4 is 69.2 Å². The summed E-state index contributed by atoms with van der Waals surface area (Å²) in [5.41, 5.74) is 7.40.